The van der Waals surface area contributed by atoms with Crippen LogP contribution in [-0.4, -0.2) is 29.3 Å². The summed E-state index contributed by atoms with van der Waals surface area (Å²) in [6.07, 6.45) is 2.89. The van der Waals surface area contributed by atoms with Crippen molar-refractivity contribution >= 4 is 28.8 Å². The van der Waals surface area contributed by atoms with Gasteiger partial charge in [-0.1, -0.05) is 17.7 Å². The van der Waals surface area contributed by atoms with Gasteiger partial charge in [-0.05, 0) is 37.1 Å². The van der Waals surface area contributed by atoms with Crippen LogP contribution in [0.2, 0.25) is 5.02 Å². The standard InChI is InChI=1S/C17H17ClN4O/c18-16-8-12(10-19)11-20-17(16)21-13-2-1-3-14(9-13)22-6-4-15(23)5-7-22/h1-3,8-9,11,15,23H,4-7H2,(H,20,21). The smallest absolute Gasteiger partial charge is 0.149 e. The van der Waals surface area contributed by atoms with Gasteiger partial charge in [0.25, 0.3) is 0 Å². The van der Waals surface area contributed by atoms with E-state index < -0.39 is 0 Å². The summed E-state index contributed by atoms with van der Waals surface area (Å²) >= 11 is 6.15. The molecule has 1 aromatic carbocycles. The predicted octanol–water partition coefficient (Wildman–Crippen LogP) is 3.31. The van der Waals surface area contributed by atoms with Crippen LogP contribution >= 0.6 is 11.6 Å². The lowest BCUT2D eigenvalue weighted by Gasteiger charge is -2.31. The summed E-state index contributed by atoms with van der Waals surface area (Å²) in [6, 6.07) is 11.6. The van der Waals surface area contributed by atoms with Crippen LogP contribution in [-0.2, 0) is 0 Å². The van der Waals surface area contributed by atoms with Crippen molar-refractivity contribution in [2.75, 3.05) is 23.3 Å². The number of nitrogens with zero attached hydrogens (tertiary/aromatic N) is 3. The fraction of sp³-hybridized carbons (Fsp3) is 0.294. The second-order valence-electron chi connectivity index (χ2n) is 5.56. The summed E-state index contributed by atoms with van der Waals surface area (Å²) in [5, 5.41) is 22.1. The highest BCUT2D eigenvalue weighted by atomic mass is 35.5. The van der Waals surface area contributed by atoms with Crippen LogP contribution in [0.3, 0.4) is 0 Å². The zero-order valence-corrected chi connectivity index (χ0v) is 13.3. The number of hydrogen-bond acceptors (Lipinski definition) is 5. The van der Waals surface area contributed by atoms with E-state index in [9.17, 15) is 5.11 Å². The molecule has 1 fully saturated rings. The van der Waals surface area contributed by atoms with Crippen LogP contribution in [0.25, 0.3) is 0 Å². The zero-order chi connectivity index (χ0) is 16.2. The molecule has 0 unspecified atom stereocenters. The first kappa shape index (κ1) is 15.6. The third kappa shape index (κ3) is 3.73. The molecule has 2 N–H and O–H groups in total. The Balaban J connectivity index is 1.76. The molecule has 0 spiro atoms. The van der Waals surface area contributed by atoms with Crippen molar-refractivity contribution < 1.29 is 5.11 Å². The summed E-state index contributed by atoms with van der Waals surface area (Å²) < 4.78 is 0. The van der Waals surface area contributed by atoms with Crippen LogP contribution in [0.5, 0.6) is 0 Å². The maximum atomic E-state index is 9.61. The summed E-state index contributed by atoms with van der Waals surface area (Å²) in [6.45, 7) is 1.70. The Labute approximate surface area is 140 Å². The van der Waals surface area contributed by atoms with E-state index in [4.69, 9.17) is 16.9 Å². The van der Waals surface area contributed by atoms with Gasteiger partial charge in [-0.2, -0.15) is 5.26 Å². The molecule has 0 amide bonds. The number of aromatic nitrogens is 1. The summed E-state index contributed by atoms with van der Waals surface area (Å²) in [7, 11) is 0. The van der Waals surface area contributed by atoms with E-state index in [-0.39, 0.29) is 6.10 Å². The molecule has 118 valence electrons. The number of piperidine rings is 1. The van der Waals surface area contributed by atoms with Crippen LogP contribution < -0.4 is 10.2 Å². The number of halogens is 1. The number of nitrogens with one attached hydrogen (secondary N) is 1. The number of hydrogen-bond donors (Lipinski definition) is 2. The van der Waals surface area contributed by atoms with Gasteiger partial charge in [0.15, 0.2) is 0 Å². The van der Waals surface area contributed by atoms with Gasteiger partial charge >= 0.3 is 0 Å². The van der Waals surface area contributed by atoms with Crippen molar-refractivity contribution in [3.63, 3.8) is 0 Å². The van der Waals surface area contributed by atoms with Gasteiger partial charge in [-0.15, -0.1) is 0 Å². The Morgan fingerprint density at radius 3 is 2.78 bits per heavy atom. The maximum Gasteiger partial charge on any atom is 0.149 e. The quantitative estimate of drug-likeness (QED) is 0.904. The van der Waals surface area contributed by atoms with Crippen LogP contribution in [0, 0.1) is 11.3 Å². The minimum Gasteiger partial charge on any atom is -0.393 e. The highest BCUT2D eigenvalue weighted by Gasteiger charge is 2.17. The number of anilines is 3. The lowest BCUT2D eigenvalue weighted by atomic mass is 10.1. The van der Waals surface area contributed by atoms with Gasteiger partial charge in [-0.3, -0.25) is 0 Å². The molecule has 0 bridgehead atoms. The summed E-state index contributed by atoms with van der Waals surface area (Å²) in [4.78, 5) is 6.44. The fourth-order valence-electron chi connectivity index (χ4n) is 2.63. The lowest BCUT2D eigenvalue weighted by Crippen LogP contribution is -2.35. The molecule has 1 aliphatic rings. The minimum absolute atomic E-state index is 0.186. The third-order valence-corrected chi connectivity index (χ3v) is 4.20. The van der Waals surface area contributed by atoms with Crippen molar-refractivity contribution in [1.82, 2.24) is 4.98 Å². The number of aliphatic hydroxyl groups excluding tert-OH is 1. The molecular formula is C17H17ClN4O. The molecule has 5 nitrogen and oxygen atoms in total. The maximum absolute atomic E-state index is 9.61. The van der Waals surface area contributed by atoms with E-state index in [0.717, 1.165) is 37.3 Å². The number of nitriles is 1. The number of aliphatic hydroxyl groups is 1. The van der Waals surface area contributed by atoms with Crippen LogP contribution in [0.15, 0.2) is 36.5 Å². The first-order valence-corrected chi connectivity index (χ1v) is 7.89. The highest BCUT2D eigenvalue weighted by Crippen LogP contribution is 2.27. The molecule has 0 atom stereocenters. The van der Waals surface area contributed by atoms with Gasteiger partial charge < -0.3 is 15.3 Å². The average molecular weight is 329 g/mol. The van der Waals surface area contributed by atoms with Crippen molar-refractivity contribution in [2.45, 2.75) is 18.9 Å². The molecule has 0 radical (unpaired) electrons. The number of pyridine rings is 1. The molecule has 1 saturated heterocycles. The summed E-state index contributed by atoms with van der Waals surface area (Å²) in [5.74, 6) is 0.525. The Kier molecular flexibility index (Phi) is 4.65. The molecular weight excluding hydrogens is 312 g/mol. The monoisotopic (exact) mass is 328 g/mol. The van der Waals surface area contributed by atoms with Crippen molar-refractivity contribution in [2.24, 2.45) is 0 Å². The molecule has 1 aliphatic heterocycles. The highest BCUT2D eigenvalue weighted by molar-refractivity contribution is 6.33. The predicted molar refractivity (Wildman–Crippen MR) is 91.1 cm³/mol. The van der Waals surface area contributed by atoms with Crippen molar-refractivity contribution in [3.05, 3.63) is 47.1 Å². The first-order valence-electron chi connectivity index (χ1n) is 7.51. The second-order valence-corrected chi connectivity index (χ2v) is 5.97. The molecule has 23 heavy (non-hydrogen) atoms. The fourth-order valence-corrected chi connectivity index (χ4v) is 2.85. The van der Waals surface area contributed by atoms with E-state index in [0.29, 0.717) is 16.4 Å². The van der Waals surface area contributed by atoms with Gasteiger partial charge in [-0.25, -0.2) is 4.98 Å². The largest absolute Gasteiger partial charge is 0.393 e. The van der Waals surface area contributed by atoms with E-state index in [1.807, 2.05) is 24.3 Å². The molecule has 3 rings (SSSR count). The molecule has 2 aromatic rings. The minimum atomic E-state index is -0.186. The molecule has 2 heterocycles. The van der Waals surface area contributed by atoms with Crippen LogP contribution in [0.1, 0.15) is 18.4 Å². The second kappa shape index (κ2) is 6.86. The van der Waals surface area contributed by atoms with Crippen LogP contribution in [0.4, 0.5) is 17.2 Å². The SMILES string of the molecule is N#Cc1cnc(Nc2cccc(N3CCC(O)CC3)c2)c(Cl)c1. The Hall–Kier alpha value is -2.29. The Morgan fingerprint density at radius 1 is 1.30 bits per heavy atom. The van der Waals surface area contributed by atoms with Gasteiger partial charge in [0.2, 0.25) is 0 Å². The number of benzene rings is 1. The van der Waals surface area contributed by atoms with Crippen molar-refractivity contribution in [3.8, 4) is 6.07 Å². The van der Waals surface area contributed by atoms with Gasteiger partial charge in [0, 0.05) is 30.7 Å². The molecule has 6 heteroatoms. The molecule has 0 saturated carbocycles. The normalized spacial score (nSPS) is 15.3. The van der Waals surface area contributed by atoms with Gasteiger partial charge in [0.05, 0.1) is 16.7 Å². The average Bonchev–Trinajstić information content (AvgIpc) is 2.57. The third-order valence-electron chi connectivity index (χ3n) is 3.91. The van der Waals surface area contributed by atoms with Gasteiger partial charge in [0.1, 0.15) is 11.9 Å². The van der Waals surface area contributed by atoms with E-state index in [2.05, 4.69) is 21.3 Å². The molecule has 1 aromatic heterocycles. The Bertz CT molecular complexity index is 736. The first-order chi connectivity index (χ1) is 11.2. The van der Waals surface area contributed by atoms with E-state index >= 15 is 0 Å². The zero-order valence-electron chi connectivity index (χ0n) is 12.5. The number of rotatable bonds is 3. The Morgan fingerprint density at radius 2 is 2.09 bits per heavy atom. The lowest BCUT2D eigenvalue weighted by molar-refractivity contribution is 0.145. The van der Waals surface area contributed by atoms with Crippen molar-refractivity contribution in [1.29, 1.82) is 5.26 Å². The van der Waals surface area contributed by atoms with E-state index in [1.54, 1.807) is 6.07 Å². The summed E-state index contributed by atoms with van der Waals surface area (Å²) in [5.41, 5.74) is 2.42. The van der Waals surface area contributed by atoms with E-state index in [1.165, 1.54) is 6.20 Å². The topological polar surface area (TPSA) is 72.2 Å². The molecule has 0 aliphatic carbocycles.